The summed E-state index contributed by atoms with van der Waals surface area (Å²) >= 11 is 0. The lowest BCUT2D eigenvalue weighted by molar-refractivity contribution is -0.101. The van der Waals surface area contributed by atoms with Gasteiger partial charge in [0.15, 0.2) is 0 Å². The summed E-state index contributed by atoms with van der Waals surface area (Å²) in [7, 11) is 0. The summed E-state index contributed by atoms with van der Waals surface area (Å²) in [6, 6.07) is 0. The predicted molar refractivity (Wildman–Crippen MR) is 48.0 cm³/mol. The lowest BCUT2D eigenvalue weighted by atomic mass is 9.92. The molecule has 4 unspecified atom stereocenters. The van der Waals surface area contributed by atoms with Gasteiger partial charge in [-0.15, -0.1) is 0 Å². The summed E-state index contributed by atoms with van der Waals surface area (Å²) in [5.74, 6) is 0. The number of fused-ring (bicyclic) bond motifs is 1. The molecule has 0 aromatic heterocycles. The first kappa shape index (κ1) is 9.09. The van der Waals surface area contributed by atoms with Gasteiger partial charge in [0.05, 0.1) is 18.8 Å². The van der Waals surface area contributed by atoms with E-state index in [1.807, 2.05) is 0 Å². The minimum absolute atomic E-state index is 0.0726. The third-order valence-electron chi connectivity index (χ3n) is 3.35. The van der Waals surface area contributed by atoms with Crippen LogP contribution in [0.5, 0.6) is 0 Å². The van der Waals surface area contributed by atoms with Gasteiger partial charge in [0, 0.05) is 0 Å². The summed E-state index contributed by atoms with van der Waals surface area (Å²) in [6.45, 7) is 2.68. The van der Waals surface area contributed by atoms with Gasteiger partial charge in [-0.05, 0) is 19.8 Å². The number of aliphatic hydroxyl groups is 1. The van der Waals surface area contributed by atoms with E-state index in [9.17, 15) is 5.11 Å². The van der Waals surface area contributed by atoms with E-state index in [-0.39, 0.29) is 24.4 Å². The van der Waals surface area contributed by atoms with Gasteiger partial charge in [0.1, 0.15) is 24.4 Å². The van der Waals surface area contributed by atoms with Crippen molar-refractivity contribution in [2.45, 2.75) is 56.4 Å². The highest BCUT2D eigenvalue weighted by Gasteiger charge is 2.65. The molecular formula is C10H16O4. The summed E-state index contributed by atoms with van der Waals surface area (Å²) in [4.78, 5) is 0. The van der Waals surface area contributed by atoms with E-state index in [1.165, 1.54) is 0 Å². The third-order valence-corrected chi connectivity index (χ3v) is 3.35. The Balaban J connectivity index is 1.42. The number of hydrogen-bond acceptors (Lipinski definition) is 4. The van der Waals surface area contributed by atoms with Crippen LogP contribution in [0.3, 0.4) is 0 Å². The molecule has 80 valence electrons. The van der Waals surface area contributed by atoms with Crippen LogP contribution in [0.15, 0.2) is 0 Å². The van der Waals surface area contributed by atoms with E-state index in [1.54, 1.807) is 0 Å². The highest BCUT2D eigenvalue weighted by molar-refractivity contribution is 5.12. The molecule has 1 aliphatic carbocycles. The number of ether oxygens (including phenoxy) is 3. The average molecular weight is 200 g/mol. The van der Waals surface area contributed by atoms with Crippen molar-refractivity contribution in [3.63, 3.8) is 0 Å². The Morgan fingerprint density at radius 3 is 2.71 bits per heavy atom. The van der Waals surface area contributed by atoms with Crippen LogP contribution >= 0.6 is 0 Å². The Labute approximate surface area is 83.1 Å². The molecule has 0 spiro atoms. The molecule has 2 saturated heterocycles. The van der Waals surface area contributed by atoms with Crippen molar-refractivity contribution in [1.82, 2.24) is 0 Å². The minimum atomic E-state index is -0.404. The van der Waals surface area contributed by atoms with Crippen molar-refractivity contribution >= 4 is 0 Å². The first-order chi connectivity index (χ1) is 6.75. The van der Waals surface area contributed by atoms with Crippen LogP contribution in [0.4, 0.5) is 0 Å². The van der Waals surface area contributed by atoms with Gasteiger partial charge in [0.25, 0.3) is 0 Å². The second kappa shape index (κ2) is 3.17. The van der Waals surface area contributed by atoms with Gasteiger partial charge in [-0.3, -0.25) is 0 Å². The van der Waals surface area contributed by atoms with Gasteiger partial charge < -0.3 is 19.3 Å². The van der Waals surface area contributed by atoms with E-state index in [2.05, 4.69) is 6.92 Å². The zero-order valence-electron chi connectivity index (χ0n) is 8.26. The van der Waals surface area contributed by atoms with E-state index in [0.29, 0.717) is 12.7 Å². The van der Waals surface area contributed by atoms with Gasteiger partial charge >= 0.3 is 0 Å². The predicted octanol–water partition coefficient (Wildman–Crippen LogP) is 0.0810. The molecule has 2 aliphatic heterocycles. The molecular weight excluding hydrogens is 184 g/mol. The minimum Gasteiger partial charge on any atom is -0.387 e. The fraction of sp³-hybridized carbons (Fsp3) is 1.00. The first-order valence-corrected chi connectivity index (χ1v) is 5.36. The van der Waals surface area contributed by atoms with Crippen molar-refractivity contribution in [2.75, 3.05) is 6.61 Å². The zero-order valence-corrected chi connectivity index (χ0v) is 8.26. The van der Waals surface area contributed by atoms with Crippen LogP contribution in [-0.4, -0.2) is 48.3 Å². The SMILES string of the molecule is C[C@H]1CC[C@@H](COC2C(O)C3OC23)O1. The molecule has 3 fully saturated rings. The molecule has 0 aromatic carbocycles. The normalized spacial score (nSPS) is 55.3. The quantitative estimate of drug-likeness (QED) is 0.655. The van der Waals surface area contributed by atoms with Crippen LogP contribution in [-0.2, 0) is 14.2 Å². The fourth-order valence-corrected chi connectivity index (χ4v) is 2.33. The molecule has 14 heavy (non-hydrogen) atoms. The van der Waals surface area contributed by atoms with Gasteiger partial charge in [-0.1, -0.05) is 0 Å². The second-order valence-corrected chi connectivity index (χ2v) is 4.50. The van der Waals surface area contributed by atoms with E-state index in [0.717, 1.165) is 12.8 Å². The molecule has 4 heteroatoms. The van der Waals surface area contributed by atoms with E-state index < -0.39 is 6.10 Å². The van der Waals surface area contributed by atoms with Crippen LogP contribution in [0.25, 0.3) is 0 Å². The summed E-state index contributed by atoms with van der Waals surface area (Å²) in [6.07, 6.45) is 2.50. The number of hydrogen-bond donors (Lipinski definition) is 1. The molecule has 0 radical (unpaired) electrons. The second-order valence-electron chi connectivity index (χ2n) is 4.50. The standard InChI is InChI=1S/C10H16O4/c1-5-2-3-6(13-5)4-12-8-7(11)9-10(8)14-9/h5-11H,2-4H2,1H3/t5-,6-,7?,8?,9?,10?/m0/s1. The average Bonchev–Trinajstić information content (AvgIpc) is 2.76. The van der Waals surface area contributed by atoms with Gasteiger partial charge in [0.2, 0.25) is 0 Å². The summed E-state index contributed by atoms with van der Waals surface area (Å²) < 4.78 is 16.4. The molecule has 0 bridgehead atoms. The highest BCUT2D eigenvalue weighted by atomic mass is 16.7. The molecule has 4 nitrogen and oxygen atoms in total. The van der Waals surface area contributed by atoms with Gasteiger partial charge in [-0.2, -0.15) is 0 Å². The Hall–Kier alpha value is -0.160. The molecule has 1 N–H and O–H groups in total. The first-order valence-electron chi connectivity index (χ1n) is 5.36. The van der Waals surface area contributed by atoms with E-state index in [4.69, 9.17) is 14.2 Å². The smallest absolute Gasteiger partial charge is 0.116 e. The van der Waals surface area contributed by atoms with Crippen molar-refractivity contribution in [1.29, 1.82) is 0 Å². The van der Waals surface area contributed by atoms with Crippen LogP contribution in [0, 0.1) is 0 Å². The van der Waals surface area contributed by atoms with Crippen LogP contribution in [0.2, 0.25) is 0 Å². The maximum Gasteiger partial charge on any atom is 0.116 e. The lowest BCUT2D eigenvalue weighted by Crippen LogP contribution is -2.49. The molecule has 1 saturated carbocycles. The molecule has 3 rings (SSSR count). The monoisotopic (exact) mass is 200 g/mol. The van der Waals surface area contributed by atoms with Crippen molar-refractivity contribution in [3.8, 4) is 0 Å². The number of aliphatic hydroxyl groups excluding tert-OH is 1. The fourth-order valence-electron chi connectivity index (χ4n) is 2.33. The molecule has 2 heterocycles. The van der Waals surface area contributed by atoms with Crippen LogP contribution in [0.1, 0.15) is 19.8 Å². The maximum atomic E-state index is 9.45. The summed E-state index contributed by atoms with van der Waals surface area (Å²) in [5, 5.41) is 9.45. The van der Waals surface area contributed by atoms with Gasteiger partial charge in [-0.25, -0.2) is 0 Å². The van der Waals surface area contributed by atoms with Crippen molar-refractivity contribution < 1.29 is 19.3 Å². The Morgan fingerprint density at radius 1 is 1.29 bits per heavy atom. The highest BCUT2D eigenvalue weighted by Crippen LogP contribution is 2.44. The lowest BCUT2D eigenvalue weighted by Gasteiger charge is -2.28. The van der Waals surface area contributed by atoms with Crippen LogP contribution < -0.4 is 0 Å². The largest absolute Gasteiger partial charge is 0.387 e. The van der Waals surface area contributed by atoms with Crippen molar-refractivity contribution in [3.05, 3.63) is 0 Å². The van der Waals surface area contributed by atoms with Crippen molar-refractivity contribution in [2.24, 2.45) is 0 Å². The molecule has 6 atom stereocenters. The summed E-state index contributed by atoms with van der Waals surface area (Å²) in [5.41, 5.74) is 0. The van der Waals surface area contributed by atoms with E-state index >= 15 is 0 Å². The topological polar surface area (TPSA) is 51.2 Å². The molecule has 0 aromatic rings. The number of rotatable bonds is 3. The Bertz CT molecular complexity index is 232. The Morgan fingerprint density at radius 2 is 2.14 bits per heavy atom. The molecule has 0 amide bonds. The molecule has 3 aliphatic rings. The zero-order chi connectivity index (χ0) is 9.71. The maximum absolute atomic E-state index is 9.45. The Kier molecular flexibility index (Phi) is 2.06. The number of epoxide rings is 1. The third kappa shape index (κ3) is 1.37.